The number of benzene rings is 1. The van der Waals surface area contributed by atoms with Crippen LogP contribution in [0.25, 0.3) is 0 Å². The third-order valence-corrected chi connectivity index (χ3v) is 2.13. The van der Waals surface area contributed by atoms with E-state index in [1.807, 2.05) is 30.3 Å². The van der Waals surface area contributed by atoms with Crippen LogP contribution in [-0.2, 0) is 0 Å². The fourth-order valence-corrected chi connectivity index (χ4v) is 1.22. The Kier molecular flexibility index (Phi) is 3.35. The quantitative estimate of drug-likeness (QED) is 0.484. The van der Waals surface area contributed by atoms with Crippen LogP contribution in [0, 0.1) is 0 Å². The maximum atomic E-state index is 5.02. The summed E-state index contributed by atoms with van der Waals surface area (Å²) in [5.74, 6) is 0. The van der Waals surface area contributed by atoms with E-state index in [9.17, 15) is 0 Å². The Morgan fingerprint density at radius 3 is 2.75 bits per heavy atom. The van der Waals surface area contributed by atoms with Crippen LogP contribution in [0.5, 0.6) is 0 Å². The number of hydrogen-bond acceptors (Lipinski definition) is 3. The highest BCUT2D eigenvalue weighted by Gasteiger charge is 1.99. The number of thiocarbonyl (C=S) groups is 1. The Balaban J connectivity index is 1.93. The standard InChI is InChI=1S/C10H9N5S/c16-10(9-6-7-11-13-9)14-15-12-8-4-2-1-3-5-8/h1-7H,(H,11,13)(H,12,14,16). The van der Waals surface area contributed by atoms with Gasteiger partial charge in [0.05, 0.1) is 11.4 Å². The van der Waals surface area contributed by atoms with Gasteiger partial charge >= 0.3 is 0 Å². The van der Waals surface area contributed by atoms with E-state index < -0.39 is 0 Å². The Morgan fingerprint density at radius 1 is 1.25 bits per heavy atom. The molecule has 0 spiro atoms. The maximum absolute atomic E-state index is 5.02. The van der Waals surface area contributed by atoms with Gasteiger partial charge in [-0.05, 0) is 18.2 Å². The molecule has 2 rings (SSSR count). The van der Waals surface area contributed by atoms with Crippen molar-refractivity contribution in [1.29, 1.82) is 0 Å². The summed E-state index contributed by atoms with van der Waals surface area (Å²) in [7, 11) is 0. The zero-order chi connectivity index (χ0) is 11.2. The molecule has 2 N–H and O–H groups in total. The minimum absolute atomic E-state index is 0.362. The van der Waals surface area contributed by atoms with Crippen LogP contribution in [0.15, 0.2) is 52.9 Å². The average Bonchev–Trinajstić information content (AvgIpc) is 2.84. The number of H-pyrrole nitrogens is 1. The largest absolute Gasteiger partial charge is 0.275 e. The van der Waals surface area contributed by atoms with Gasteiger partial charge in [-0.2, -0.15) is 5.10 Å². The highest BCUT2D eigenvalue weighted by atomic mass is 32.1. The fraction of sp³-hybridized carbons (Fsp3) is 0. The first-order valence-corrected chi connectivity index (χ1v) is 5.02. The summed E-state index contributed by atoms with van der Waals surface area (Å²) in [4.78, 5) is 0.362. The van der Waals surface area contributed by atoms with Crippen molar-refractivity contribution >= 4 is 22.9 Å². The number of aromatic nitrogens is 2. The molecule has 0 saturated heterocycles. The molecule has 0 aliphatic carbocycles. The molecule has 5 nitrogen and oxygen atoms in total. The molecule has 0 fully saturated rings. The first kappa shape index (κ1) is 10.4. The highest BCUT2D eigenvalue weighted by Crippen LogP contribution is 2.05. The van der Waals surface area contributed by atoms with Crippen molar-refractivity contribution in [1.82, 2.24) is 10.2 Å². The predicted octanol–water partition coefficient (Wildman–Crippen LogP) is 2.56. The molecule has 0 radical (unpaired) electrons. The molecule has 1 aromatic carbocycles. The molecule has 0 atom stereocenters. The topological polar surface area (TPSA) is 65.4 Å². The lowest BCUT2D eigenvalue weighted by atomic mass is 10.3. The normalized spacial score (nSPS) is 10.5. The number of nitrogens with zero attached hydrogens (tertiary/aromatic N) is 3. The van der Waals surface area contributed by atoms with E-state index in [0.717, 1.165) is 5.69 Å². The van der Waals surface area contributed by atoms with Gasteiger partial charge in [0, 0.05) is 6.20 Å². The summed E-state index contributed by atoms with van der Waals surface area (Å²) >= 11 is 5.02. The zero-order valence-electron chi connectivity index (χ0n) is 8.29. The Hall–Kier alpha value is -2.08. The lowest BCUT2D eigenvalue weighted by molar-refractivity contribution is 1.07. The number of nitrogens with one attached hydrogen (secondary N) is 2. The van der Waals surface area contributed by atoms with Crippen LogP contribution >= 0.6 is 12.2 Å². The van der Waals surface area contributed by atoms with Crippen molar-refractivity contribution in [3.8, 4) is 0 Å². The molecule has 80 valence electrons. The van der Waals surface area contributed by atoms with Gasteiger partial charge < -0.3 is 0 Å². The van der Waals surface area contributed by atoms with Gasteiger partial charge in [0.15, 0.2) is 4.99 Å². The summed E-state index contributed by atoms with van der Waals surface area (Å²) in [5, 5.41) is 14.1. The molecule has 1 heterocycles. The van der Waals surface area contributed by atoms with Gasteiger partial charge in [0.1, 0.15) is 0 Å². The highest BCUT2D eigenvalue weighted by molar-refractivity contribution is 7.80. The molecule has 16 heavy (non-hydrogen) atoms. The van der Waals surface area contributed by atoms with Crippen LogP contribution in [0.4, 0.5) is 5.69 Å². The Labute approximate surface area is 97.6 Å². The van der Waals surface area contributed by atoms with E-state index >= 15 is 0 Å². The summed E-state index contributed by atoms with van der Waals surface area (Å²) in [6.07, 6.45) is 1.61. The van der Waals surface area contributed by atoms with Crippen LogP contribution < -0.4 is 5.43 Å². The molecule has 2 aromatic rings. The molecular weight excluding hydrogens is 222 g/mol. The second kappa shape index (κ2) is 5.13. The van der Waals surface area contributed by atoms with Crippen molar-refractivity contribution in [3.63, 3.8) is 0 Å². The SMILES string of the molecule is S=C(N=NNc1ccccc1)c1ccn[nH]1. The van der Waals surface area contributed by atoms with Crippen LogP contribution in [0.2, 0.25) is 0 Å². The van der Waals surface area contributed by atoms with Gasteiger partial charge in [-0.1, -0.05) is 35.6 Å². The van der Waals surface area contributed by atoms with Gasteiger partial charge in [-0.15, -0.1) is 5.11 Å². The fourth-order valence-electron chi connectivity index (χ4n) is 1.07. The van der Waals surface area contributed by atoms with Crippen LogP contribution in [0.3, 0.4) is 0 Å². The molecule has 0 amide bonds. The number of aromatic amines is 1. The maximum Gasteiger partial charge on any atom is 0.175 e. The van der Waals surface area contributed by atoms with E-state index in [1.165, 1.54) is 0 Å². The lowest BCUT2D eigenvalue weighted by Crippen LogP contribution is -1.94. The van der Waals surface area contributed by atoms with Gasteiger partial charge in [-0.25, -0.2) is 0 Å². The summed E-state index contributed by atoms with van der Waals surface area (Å²) in [6.45, 7) is 0. The third-order valence-electron chi connectivity index (χ3n) is 1.82. The molecule has 0 saturated carbocycles. The Bertz CT molecular complexity index is 477. The van der Waals surface area contributed by atoms with Crippen molar-refractivity contribution < 1.29 is 0 Å². The molecule has 1 aromatic heterocycles. The second-order valence-electron chi connectivity index (χ2n) is 2.95. The molecular formula is C10H9N5S. The molecule has 0 unspecified atom stereocenters. The van der Waals surface area contributed by atoms with Crippen molar-refractivity contribution in [3.05, 3.63) is 48.3 Å². The van der Waals surface area contributed by atoms with E-state index in [-0.39, 0.29) is 0 Å². The van der Waals surface area contributed by atoms with E-state index in [1.54, 1.807) is 12.3 Å². The zero-order valence-corrected chi connectivity index (χ0v) is 9.11. The number of rotatable bonds is 3. The van der Waals surface area contributed by atoms with E-state index in [4.69, 9.17) is 12.2 Å². The number of para-hydroxylation sites is 1. The summed E-state index contributed by atoms with van der Waals surface area (Å²) in [6, 6.07) is 11.3. The van der Waals surface area contributed by atoms with Crippen molar-refractivity contribution in [2.24, 2.45) is 10.3 Å². The molecule has 0 bridgehead atoms. The number of anilines is 1. The smallest absolute Gasteiger partial charge is 0.175 e. The second-order valence-corrected chi connectivity index (χ2v) is 3.34. The summed E-state index contributed by atoms with van der Waals surface area (Å²) < 4.78 is 0. The first-order valence-electron chi connectivity index (χ1n) is 4.62. The number of hydrogen-bond donors (Lipinski definition) is 2. The minimum atomic E-state index is 0.362. The van der Waals surface area contributed by atoms with E-state index in [2.05, 4.69) is 26.0 Å². The van der Waals surface area contributed by atoms with Gasteiger partial charge in [0.25, 0.3) is 0 Å². The Morgan fingerprint density at radius 2 is 2.06 bits per heavy atom. The van der Waals surface area contributed by atoms with Gasteiger partial charge in [0.2, 0.25) is 0 Å². The monoisotopic (exact) mass is 231 g/mol. The molecule has 0 aliphatic rings. The van der Waals surface area contributed by atoms with Crippen molar-refractivity contribution in [2.45, 2.75) is 0 Å². The first-order chi connectivity index (χ1) is 7.86. The van der Waals surface area contributed by atoms with Crippen LogP contribution in [0.1, 0.15) is 5.69 Å². The summed E-state index contributed by atoms with van der Waals surface area (Å²) in [5.41, 5.74) is 4.31. The van der Waals surface area contributed by atoms with Gasteiger partial charge in [-0.3, -0.25) is 10.5 Å². The molecule has 6 heteroatoms. The van der Waals surface area contributed by atoms with Crippen molar-refractivity contribution in [2.75, 3.05) is 5.43 Å². The average molecular weight is 231 g/mol. The lowest BCUT2D eigenvalue weighted by Gasteiger charge is -1.96. The van der Waals surface area contributed by atoms with E-state index in [0.29, 0.717) is 10.7 Å². The molecule has 0 aliphatic heterocycles. The predicted molar refractivity (Wildman–Crippen MR) is 65.2 cm³/mol. The van der Waals surface area contributed by atoms with Crippen LogP contribution in [-0.4, -0.2) is 15.2 Å². The minimum Gasteiger partial charge on any atom is -0.275 e. The third kappa shape index (κ3) is 2.71.